The molecule has 1 N–H and O–H groups in total. The first-order valence-electron chi connectivity index (χ1n) is 7.89. The van der Waals surface area contributed by atoms with Crippen LogP contribution in [0.3, 0.4) is 0 Å². The van der Waals surface area contributed by atoms with Crippen molar-refractivity contribution in [3.8, 4) is 0 Å². The summed E-state index contributed by atoms with van der Waals surface area (Å²) >= 11 is 0. The molecule has 1 aliphatic carbocycles. The largest absolute Gasteiger partial charge is 0.312 e. The molecule has 0 aromatic carbocycles. The Hall–Kier alpha value is -0.830. The monoisotopic (exact) mass is 261 g/mol. The Labute approximate surface area is 116 Å². The molecule has 3 heteroatoms. The lowest BCUT2D eigenvalue weighted by Crippen LogP contribution is -2.27. The van der Waals surface area contributed by atoms with Gasteiger partial charge in [-0.25, -0.2) is 0 Å². The number of nitrogens with zero attached hydrogens (tertiary/aromatic N) is 2. The van der Waals surface area contributed by atoms with E-state index in [4.69, 9.17) is 5.10 Å². The molecule has 3 nitrogen and oxygen atoms in total. The Kier molecular flexibility index (Phi) is 3.42. The van der Waals surface area contributed by atoms with Crippen molar-refractivity contribution in [2.75, 3.05) is 6.54 Å². The summed E-state index contributed by atoms with van der Waals surface area (Å²) in [7, 11) is 0. The van der Waals surface area contributed by atoms with E-state index in [0.29, 0.717) is 6.04 Å². The van der Waals surface area contributed by atoms with Crippen molar-refractivity contribution in [2.45, 2.75) is 77.3 Å². The lowest BCUT2D eigenvalue weighted by Gasteiger charge is -2.25. The van der Waals surface area contributed by atoms with Crippen molar-refractivity contribution in [1.29, 1.82) is 0 Å². The maximum atomic E-state index is 5.06. The molecule has 2 aliphatic rings. The topological polar surface area (TPSA) is 29.9 Å². The molecule has 3 rings (SSSR count). The van der Waals surface area contributed by atoms with E-state index < -0.39 is 0 Å². The van der Waals surface area contributed by atoms with Crippen LogP contribution in [-0.4, -0.2) is 16.3 Å². The summed E-state index contributed by atoms with van der Waals surface area (Å²) in [5.74, 6) is 0. The van der Waals surface area contributed by atoms with Gasteiger partial charge in [0.1, 0.15) is 0 Å². The van der Waals surface area contributed by atoms with Gasteiger partial charge in [0, 0.05) is 36.2 Å². The number of fused-ring (bicyclic) bond motifs is 1. The first-order chi connectivity index (χ1) is 9.07. The van der Waals surface area contributed by atoms with E-state index in [0.717, 1.165) is 19.5 Å². The van der Waals surface area contributed by atoms with Crippen LogP contribution in [0.1, 0.15) is 75.9 Å². The minimum absolute atomic E-state index is 0.156. The molecule has 0 bridgehead atoms. The van der Waals surface area contributed by atoms with Crippen molar-refractivity contribution >= 4 is 0 Å². The molecule has 2 heterocycles. The van der Waals surface area contributed by atoms with Crippen LogP contribution in [0.4, 0.5) is 0 Å². The summed E-state index contributed by atoms with van der Waals surface area (Å²) in [6.45, 7) is 8.98. The highest BCUT2D eigenvalue weighted by Gasteiger charge is 2.30. The summed E-state index contributed by atoms with van der Waals surface area (Å²) < 4.78 is 2.41. The first-order valence-corrected chi connectivity index (χ1v) is 7.89. The predicted octanol–water partition coefficient (Wildman–Crippen LogP) is 3.33. The smallest absolute Gasteiger partial charge is 0.0725 e. The van der Waals surface area contributed by atoms with Crippen LogP contribution in [-0.2, 0) is 18.4 Å². The molecule has 0 radical (unpaired) electrons. The molecule has 1 aliphatic heterocycles. The zero-order valence-corrected chi connectivity index (χ0v) is 12.6. The molecule has 0 atom stereocenters. The predicted molar refractivity (Wildman–Crippen MR) is 78.5 cm³/mol. The Balaban J connectivity index is 2.01. The molecule has 1 aromatic heterocycles. The Bertz CT molecular complexity index is 447. The molecule has 0 amide bonds. The summed E-state index contributed by atoms with van der Waals surface area (Å²) in [5.41, 5.74) is 4.49. The van der Waals surface area contributed by atoms with E-state index >= 15 is 0 Å². The highest BCUT2D eigenvalue weighted by molar-refractivity contribution is 5.33. The normalized spacial score (nSPS) is 21.4. The fourth-order valence-corrected chi connectivity index (χ4v) is 3.61. The van der Waals surface area contributed by atoms with Crippen LogP contribution in [0.5, 0.6) is 0 Å². The van der Waals surface area contributed by atoms with Crippen molar-refractivity contribution < 1.29 is 0 Å². The fraction of sp³-hybridized carbons (Fsp3) is 0.812. The molecular formula is C16H27N3. The zero-order chi connectivity index (χ0) is 13.5. The second-order valence-corrected chi connectivity index (χ2v) is 7.19. The highest BCUT2D eigenvalue weighted by Crippen LogP contribution is 2.34. The molecule has 0 unspecified atom stereocenters. The number of nitrogens with one attached hydrogen (secondary N) is 1. The van der Waals surface area contributed by atoms with E-state index in [1.807, 2.05) is 0 Å². The second-order valence-electron chi connectivity index (χ2n) is 7.19. The SMILES string of the molecule is CC(C)(C)c1nn(C2CCCCC2)c2c1CNCC2. The Morgan fingerprint density at radius 3 is 2.58 bits per heavy atom. The quantitative estimate of drug-likeness (QED) is 0.840. The van der Waals surface area contributed by atoms with Crippen LogP contribution >= 0.6 is 0 Å². The van der Waals surface area contributed by atoms with Gasteiger partial charge in [-0.15, -0.1) is 0 Å². The van der Waals surface area contributed by atoms with Gasteiger partial charge in [-0.3, -0.25) is 4.68 Å². The average Bonchev–Trinajstić information content (AvgIpc) is 2.79. The minimum Gasteiger partial charge on any atom is -0.312 e. The van der Waals surface area contributed by atoms with Gasteiger partial charge in [-0.1, -0.05) is 40.0 Å². The van der Waals surface area contributed by atoms with Gasteiger partial charge in [0.25, 0.3) is 0 Å². The maximum Gasteiger partial charge on any atom is 0.0725 e. The molecular weight excluding hydrogens is 234 g/mol. The summed E-state index contributed by atoms with van der Waals surface area (Å²) in [6, 6.07) is 0.664. The molecule has 1 aromatic rings. The third kappa shape index (κ3) is 2.45. The van der Waals surface area contributed by atoms with E-state index in [9.17, 15) is 0 Å². The Morgan fingerprint density at radius 2 is 1.89 bits per heavy atom. The third-order valence-electron chi connectivity index (χ3n) is 4.59. The number of hydrogen-bond donors (Lipinski definition) is 1. The van der Waals surface area contributed by atoms with Crippen molar-refractivity contribution in [2.24, 2.45) is 0 Å². The van der Waals surface area contributed by atoms with Gasteiger partial charge in [0.2, 0.25) is 0 Å². The van der Waals surface area contributed by atoms with Gasteiger partial charge < -0.3 is 5.32 Å². The van der Waals surface area contributed by atoms with Crippen LogP contribution in [0.2, 0.25) is 0 Å². The highest BCUT2D eigenvalue weighted by atomic mass is 15.3. The van der Waals surface area contributed by atoms with E-state index in [2.05, 4.69) is 30.8 Å². The summed E-state index contributed by atoms with van der Waals surface area (Å²) in [4.78, 5) is 0. The standard InChI is InChI=1S/C16H27N3/c1-16(2,3)15-13-11-17-10-9-14(13)19(18-15)12-7-5-4-6-8-12/h12,17H,4-11H2,1-3H3. The van der Waals surface area contributed by atoms with Crippen LogP contribution in [0, 0.1) is 0 Å². The van der Waals surface area contributed by atoms with E-state index in [-0.39, 0.29) is 5.41 Å². The average molecular weight is 261 g/mol. The van der Waals surface area contributed by atoms with E-state index in [1.165, 1.54) is 49.1 Å². The van der Waals surface area contributed by atoms with Gasteiger partial charge in [0.05, 0.1) is 11.7 Å². The van der Waals surface area contributed by atoms with Crippen LogP contribution < -0.4 is 5.32 Å². The number of hydrogen-bond acceptors (Lipinski definition) is 2. The van der Waals surface area contributed by atoms with Crippen molar-refractivity contribution in [3.05, 3.63) is 17.0 Å². The van der Waals surface area contributed by atoms with Crippen LogP contribution in [0.25, 0.3) is 0 Å². The zero-order valence-electron chi connectivity index (χ0n) is 12.6. The number of aromatic nitrogens is 2. The van der Waals surface area contributed by atoms with Gasteiger partial charge >= 0.3 is 0 Å². The van der Waals surface area contributed by atoms with Crippen molar-refractivity contribution in [3.63, 3.8) is 0 Å². The Morgan fingerprint density at radius 1 is 1.16 bits per heavy atom. The van der Waals surface area contributed by atoms with Gasteiger partial charge in [-0.2, -0.15) is 5.10 Å². The van der Waals surface area contributed by atoms with Crippen LogP contribution in [0.15, 0.2) is 0 Å². The fourth-order valence-electron chi connectivity index (χ4n) is 3.61. The van der Waals surface area contributed by atoms with Crippen molar-refractivity contribution in [1.82, 2.24) is 15.1 Å². The van der Waals surface area contributed by atoms with E-state index in [1.54, 1.807) is 0 Å². The van der Waals surface area contributed by atoms with Gasteiger partial charge in [0.15, 0.2) is 0 Å². The molecule has 106 valence electrons. The summed E-state index contributed by atoms with van der Waals surface area (Å²) in [5, 5.41) is 8.58. The lowest BCUT2D eigenvalue weighted by molar-refractivity contribution is 0.317. The minimum atomic E-state index is 0.156. The molecule has 19 heavy (non-hydrogen) atoms. The second kappa shape index (κ2) is 4.93. The molecule has 1 fully saturated rings. The molecule has 1 saturated carbocycles. The summed E-state index contributed by atoms with van der Waals surface area (Å²) in [6.07, 6.45) is 7.96. The number of rotatable bonds is 1. The molecule has 0 spiro atoms. The van der Waals surface area contributed by atoms with Gasteiger partial charge in [-0.05, 0) is 12.8 Å². The lowest BCUT2D eigenvalue weighted by atomic mass is 9.87. The molecule has 0 saturated heterocycles. The third-order valence-corrected chi connectivity index (χ3v) is 4.59. The maximum absolute atomic E-state index is 5.06. The first kappa shape index (κ1) is 13.2.